The van der Waals surface area contributed by atoms with Crippen molar-refractivity contribution in [3.8, 4) is 0 Å². The molecule has 1 aliphatic heterocycles. The van der Waals surface area contributed by atoms with Gasteiger partial charge in [-0.05, 0) is 18.6 Å². The Morgan fingerprint density at radius 3 is 2.81 bits per heavy atom. The van der Waals surface area contributed by atoms with Crippen LogP contribution in [0.2, 0.25) is 0 Å². The van der Waals surface area contributed by atoms with E-state index in [0.717, 1.165) is 6.07 Å². The third-order valence-corrected chi connectivity index (χ3v) is 2.73. The van der Waals surface area contributed by atoms with Crippen molar-refractivity contribution >= 4 is 11.7 Å². The maximum absolute atomic E-state index is 13.4. The van der Waals surface area contributed by atoms with E-state index in [4.69, 9.17) is 0 Å². The molecule has 1 saturated heterocycles. The zero-order valence-electron chi connectivity index (χ0n) is 8.74. The first-order valence-corrected chi connectivity index (χ1v) is 4.93. The monoisotopic (exact) mass is 227 g/mol. The molecule has 86 valence electrons. The van der Waals surface area contributed by atoms with Gasteiger partial charge in [-0.1, -0.05) is 6.07 Å². The Kier molecular flexibility index (Phi) is 2.77. The molecule has 0 spiro atoms. The van der Waals surface area contributed by atoms with E-state index in [9.17, 15) is 13.6 Å². The third-order valence-electron chi connectivity index (χ3n) is 2.73. The molecule has 1 aromatic rings. The van der Waals surface area contributed by atoms with Crippen molar-refractivity contribution in [1.82, 2.24) is 0 Å². The number of halogens is 2. The Morgan fingerprint density at radius 1 is 1.50 bits per heavy atom. The summed E-state index contributed by atoms with van der Waals surface area (Å²) in [6, 6.07) is 3.42. The summed E-state index contributed by atoms with van der Waals surface area (Å²) < 4.78 is 31.0. The van der Waals surface area contributed by atoms with Crippen LogP contribution in [0.15, 0.2) is 18.2 Å². The summed E-state index contributed by atoms with van der Waals surface area (Å²) in [6.07, 6.45) is 0.600. The number of carbonyl (C=O) groups is 1. The second-order valence-corrected chi connectivity index (χ2v) is 3.59. The van der Waals surface area contributed by atoms with Crippen molar-refractivity contribution in [2.75, 3.05) is 18.6 Å². The molecule has 1 aromatic carbocycles. The highest BCUT2D eigenvalue weighted by Gasteiger charge is 2.36. The van der Waals surface area contributed by atoms with Gasteiger partial charge in [-0.15, -0.1) is 0 Å². The summed E-state index contributed by atoms with van der Waals surface area (Å²) in [4.78, 5) is 12.8. The molecule has 0 radical (unpaired) electrons. The number of ether oxygens (including phenoxy) is 1. The van der Waals surface area contributed by atoms with Crippen LogP contribution in [0, 0.1) is 11.6 Å². The molecule has 0 bridgehead atoms. The van der Waals surface area contributed by atoms with Gasteiger partial charge in [0, 0.05) is 6.54 Å². The van der Waals surface area contributed by atoms with Crippen LogP contribution in [-0.2, 0) is 9.53 Å². The number of benzene rings is 1. The van der Waals surface area contributed by atoms with Gasteiger partial charge < -0.3 is 9.64 Å². The van der Waals surface area contributed by atoms with Crippen LogP contribution in [0.3, 0.4) is 0 Å². The Balaban J connectivity index is 2.25. The molecule has 16 heavy (non-hydrogen) atoms. The van der Waals surface area contributed by atoms with Gasteiger partial charge in [0.05, 0.1) is 12.8 Å². The second-order valence-electron chi connectivity index (χ2n) is 3.59. The van der Waals surface area contributed by atoms with Crippen LogP contribution in [-0.4, -0.2) is 25.7 Å². The Labute approximate surface area is 91.6 Å². The van der Waals surface area contributed by atoms with E-state index in [0.29, 0.717) is 13.0 Å². The first-order chi connectivity index (χ1) is 7.65. The van der Waals surface area contributed by atoms with Crippen LogP contribution in [0.4, 0.5) is 14.5 Å². The zero-order valence-corrected chi connectivity index (χ0v) is 8.74. The number of rotatable bonds is 2. The molecule has 1 fully saturated rings. The first-order valence-electron chi connectivity index (χ1n) is 4.93. The maximum atomic E-state index is 13.4. The standard InChI is InChI=1S/C11H11F2NO2/c1-16-11(15)9-5-6-14(9)8-4-2-3-7(12)10(8)13/h2-4,9H,5-6H2,1H3. The number of hydrogen-bond donors (Lipinski definition) is 0. The van der Waals surface area contributed by atoms with Gasteiger partial charge in [0.25, 0.3) is 0 Å². The summed E-state index contributed by atoms with van der Waals surface area (Å²) in [7, 11) is 1.28. The predicted molar refractivity (Wildman–Crippen MR) is 54.1 cm³/mol. The second kappa shape index (κ2) is 4.08. The van der Waals surface area contributed by atoms with Gasteiger partial charge in [-0.25, -0.2) is 13.6 Å². The average Bonchev–Trinajstić information content (AvgIpc) is 2.23. The summed E-state index contributed by atoms with van der Waals surface area (Å²) in [6.45, 7) is 0.528. The summed E-state index contributed by atoms with van der Waals surface area (Å²) in [5, 5.41) is 0. The summed E-state index contributed by atoms with van der Waals surface area (Å²) in [5.41, 5.74) is 0.113. The van der Waals surface area contributed by atoms with E-state index >= 15 is 0 Å². The van der Waals surface area contributed by atoms with Crippen LogP contribution >= 0.6 is 0 Å². The maximum Gasteiger partial charge on any atom is 0.328 e. The van der Waals surface area contributed by atoms with Crippen molar-refractivity contribution < 1.29 is 18.3 Å². The van der Waals surface area contributed by atoms with E-state index in [1.165, 1.54) is 24.1 Å². The third kappa shape index (κ3) is 1.62. The normalized spacial score (nSPS) is 19.2. The number of hydrogen-bond acceptors (Lipinski definition) is 3. The smallest absolute Gasteiger partial charge is 0.328 e. The molecular weight excluding hydrogens is 216 g/mol. The molecule has 0 aromatic heterocycles. The van der Waals surface area contributed by atoms with E-state index in [2.05, 4.69) is 4.74 Å². The van der Waals surface area contributed by atoms with Crippen LogP contribution in [0.25, 0.3) is 0 Å². The number of esters is 1. The van der Waals surface area contributed by atoms with Gasteiger partial charge in [0.2, 0.25) is 0 Å². The Hall–Kier alpha value is -1.65. The molecule has 0 amide bonds. The lowest BCUT2D eigenvalue weighted by atomic mass is 10.0. The molecule has 1 atom stereocenters. The van der Waals surface area contributed by atoms with E-state index in [-0.39, 0.29) is 5.69 Å². The molecule has 2 rings (SSSR count). The lowest BCUT2D eigenvalue weighted by Gasteiger charge is -2.40. The van der Waals surface area contributed by atoms with E-state index in [1.807, 2.05) is 0 Å². The fourth-order valence-electron chi connectivity index (χ4n) is 1.77. The zero-order chi connectivity index (χ0) is 11.7. The van der Waals surface area contributed by atoms with Crippen molar-refractivity contribution in [2.24, 2.45) is 0 Å². The highest BCUT2D eigenvalue weighted by molar-refractivity contribution is 5.82. The van der Waals surface area contributed by atoms with Crippen LogP contribution < -0.4 is 4.90 Å². The highest BCUT2D eigenvalue weighted by atomic mass is 19.2. The van der Waals surface area contributed by atoms with E-state index in [1.54, 1.807) is 0 Å². The predicted octanol–water partition coefficient (Wildman–Crippen LogP) is 1.72. The molecule has 0 N–H and O–H groups in total. The fourth-order valence-corrected chi connectivity index (χ4v) is 1.77. The minimum absolute atomic E-state index is 0.113. The topological polar surface area (TPSA) is 29.5 Å². The molecule has 1 heterocycles. The van der Waals surface area contributed by atoms with Crippen molar-refractivity contribution in [3.63, 3.8) is 0 Å². The number of carbonyl (C=O) groups excluding carboxylic acids is 1. The molecule has 1 unspecified atom stereocenters. The summed E-state index contributed by atoms with van der Waals surface area (Å²) in [5.74, 6) is -2.25. The highest BCUT2D eigenvalue weighted by Crippen LogP contribution is 2.30. The van der Waals surface area contributed by atoms with Crippen LogP contribution in [0.5, 0.6) is 0 Å². The largest absolute Gasteiger partial charge is 0.467 e. The van der Waals surface area contributed by atoms with Gasteiger partial charge in [-0.3, -0.25) is 0 Å². The minimum atomic E-state index is -0.920. The number of nitrogens with zero attached hydrogens (tertiary/aromatic N) is 1. The van der Waals surface area contributed by atoms with Gasteiger partial charge in [0.1, 0.15) is 6.04 Å². The summed E-state index contributed by atoms with van der Waals surface area (Å²) >= 11 is 0. The van der Waals surface area contributed by atoms with Gasteiger partial charge in [-0.2, -0.15) is 0 Å². The average molecular weight is 227 g/mol. The van der Waals surface area contributed by atoms with Gasteiger partial charge in [0.15, 0.2) is 11.6 Å². The van der Waals surface area contributed by atoms with Crippen LogP contribution in [0.1, 0.15) is 6.42 Å². The molecular formula is C11H11F2NO2. The van der Waals surface area contributed by atoms with Crippen molar-refractivity contribution in [2.45, 2.75) is 12.5 Å². The Bertz CT molecular complexity index is 422. The van der Waals surface area contributed by atoms with E-state index < -0.39 is 23.6 Å². The molecule has 1 aliphatic rings. The fraction of sp³-hybridized carbons (Fsp3) is 0.364. The van der Waals surface area contributed by atoms with Crippen molar-refractivity contribution in [3.05, 3.63) is 29.8 Å². The quantitative estimate of drug-likeness (QED) is 0.720. The minimum Gasteiger partial charge on any atom is -0.467 e. The molecule has 5 heteroatoms. The molecule has 3 nitrogen and oxygen atoms in total. The first kappa shape index (κ1) is 10.9. The van der Waals surface area contributed by atoms with Gasteiger partial charge >= 0.3 is 5.97 Å². The molecule has 0 aliphatic carbocycles. The SMILES string of the molecule is COC(=O)C1CCN1c1cccc(F)c1F. The lowest BCUT2D eigenvalue weighted by Crippen LogP contribution is -2.53. The number of anilines is 1. The lowest BCUT2D eigenvalue weighted by molar-refractivity contribution is -0.143. The van der Waals surface area contributed by atoms with Crippen molar-refractivity contribution in [1.29, 1.82) is 0 Å². The molecule has 0 saturated carbocycles. The Morgan fingerprint density at radius 2 is 2.25 bits per heavy atom. The number of methoxy groups -OCH3 is 1.